The normalized spacial score (nSPS) is 12.0. The summed E-state index contributed by atoms with van der Waals surface area (Å²) in [4.78, 5) is 39.7. The van der Waals surface area contributed by atoms with E-state index in [4.69, 9.17) is 4.74 Å². The molecule has 0 fully saturated rings. The Morgan fingerprint density at radius 1 is 1.22 bits per heavy atom. The van der Waals surface area contributed by atoms with E-state index in [2.05, 4.69) is 6.58 Å². The van der Waals surface area contributed by atoms with Crippen LogP contribution in [0, 0.1) is 19.8 Å². The van der Waals surface area contributed by atoms with Crippen molar-refractivity contribution in [1.29, 1.82) is 0 Å². The number of hydrogen-bond acceptors (Lipinski definition) is 4. The Morgan fingerprint density at radius 2 is 1.81 bits per heavy atom. The number of hydrogen-bond donors (Lipinski definition) is 0. The highest BCUT2D eigenvalue weighted by Crippen LogP contribution is 2.25. The summed E-state index contributed by atoms with van der Waals surface area (Å²) in [7, 11) is 1.74. The van der Waals surface area contributed by atoms with Gasteiger partial charge in [0.15, 0.2) is 5.78 Å². The van der Waals surface area contributed by atoms with Crippen molar-refractivity contribution >= 4 is 17.7 Å². The second-order valence-corrected chi connectivity index (χ2v) is 7.19. The summed E-state index contributed by atoms with van der Waals surface area (Å²) in [5, 5.41) is 0. The number of ketones is 1. The Labute approximate surface area is 162 Å². The number of carbonyl (C=O) groups is 3. The monoisotopic (exact) mass is 376 g/mol. The number of nitrogens with zero attached hydrogens (tertiary/aromatic N) is 2. The number of esters is 1. The van der Waals surface area contributed by atoms with Crippen LogP contribution in [0.25, 0.3) is 0 Å². The molecule has 0 N–H and O–H groups in total. The van der Waals surface area contributed by atoms with Crippen LogP contribution in [0.15, 0.2) is 12.7 Å². The Morgan fingerprint density at radius 3 is 2.30 bits per heavy atom. The molecular weight excluding hydrogens is 344 g/mol. The van der Waals surface area contributed by atoms with Crippen LogP contribution < -0.4 is 0 Å². The second-order valence-electron chi connectivity index (χ2n) is 7.19. The molecule has 1 aromatic rings. The van der Waals surface area contributed by atoms with Crippen molar-refractivity contribution in [3.05, 3.63) is 35.2 Å². The molecular formula is C21H32N2O4. The smallest absolute Gasteiger partial charge is 0.355 e. The van der Waals surface area contributed by atoms with E-state index >= 15 is 0 Å². The van der Waals surface area contributed by atoms with Crippen molar-refractivity contribution in [1.82, 2.24) is 9.47 Å². The van der Waals surface area contributed by atoms with E-state index in [0.717, 1.165) is 0 Å². The molecule has 0 aromatic carbocycles. The van der Waals surface area contributed by atoms with Crippen molar-refractivity contribution < 1.29 is 19.1 Å². The van der Waals surface area contributed by atoms with Gasteiger partial charge in [0.25, 0.3) is 0 Å². The van der Waals surface area contributed by atoms with Crippen LogP contribution in [-0.2, 0) is 16.6 Å². The molecule has 0 saturated carbocycles. The molecule has 1 unspecified atom stereocenters. The van der Waals surface area contributed by atoms with Crippen LogP contribution >= 0.6 is 0 Å². The van der Waals surface area contributed by atoms with E-state index in [1.165, 1.54) is 0 Å². The maximum absolute atomic E-state index is 13.2. The fourth-order valence-electron chi connectivity index (χ4n) is 3.26. The molecule has 1 amide bonds. The molecule has 0 bridgehead atoms. The number of Topliss-reactive ketones (excluding diaryl/α,β-unsaturated/α-hetero) is 1. The molecule has 6 nitrogen and oxygen atoms in total. The average Bonchev–Trinajstić information content (AvgIpc) is 2.80. The van der Waals surface area contributed by atoms with Crippen molar-refractivity contribution in [2.75, 3.05) is 13.2 Å². The van der Waals surface area contributed by atoms with Gasteiger partial charge in [-0.15, -0.1) is 6.58 Å². The molecule has 27 heavy (non-hydrogen) atoms. The molecule has 0 saturated heterocycles. The Kier molecular flexibility index (Phi) is 8.00. The second kappa shape index (κ2) is 9.53. The molecule has 1 heterocycles. The maximum atomic E-state index is 13.2. The predicted octanol–water partition coefficient (Wildman–Crippen LogP) is 3.45. The first-order valence-electron chi connectivity index (χ1n) is 9.35. The minimum Gasteiger partial charge on any atom is -0.461 e. The predicted molar refractivity (Wildman–Crippen MR) is 106 cm³/mol. The molecule has 1 aromatic heterocycles. The highest BCUT2D eigenvalue weighted by atomic mass is 16.5. The van der Waals surface area contributed by atoms with Gasteiger partial charge in [-0.05, 0) is 39.2 Å². The molecule has 0 aliphatic heterocycles. The summed E-state index contributed by atoms with van der Waals surface area (Å²) < 4.78 is 6.80. The largest absolute Gasteiger partial charge is 0.461 e. The Bertz CT molecular complexity index is 731. The standard InChI is InChI=1S/C21H32N2O4/c1-9-11-23(17(24)12-13(3)4)16(7)20(25)18-14(5)19(21(26)27-10-2)22(8)15(18)6/h9,13,16H,1,10-12H2,2-8H3. The number of rotatable bonds is 9. The summed E-state index contributed by atoms with van der Waals surface area (Å²) in [5.74, 6) is -0.522. The van der Waals surface area contributed by atoms with Crippen molar-refractivity contribution in [3.63, 3.8) is 0 Å². The minimum atomic E-state index is -0.649. The lowest BCUT2D eigenvalue weighted by atomic mass is 9.99. The van der Waals surface area contributed by atoms with Crippen molar-refractivity contribution in [3.8, 4) is 0 Å². The molecule has 0 spiro atoms. The number of aromatic nitrogens is 1. The van der Waals surface area contributed by atoms with Gasteiger partial charge in [0.05, 0.1) is 12.6 Å². The number of amides is 1. The van der Waals surface area contributed by atoms with Crippen LogP contribution in [0.5, 0.6) is 0 Å². The van der Waals surface area contributed by atoms with Gasteiger partial charge in [0, 0.05) is 31.3 Å². The van der Waals surface area contributed by atoms with E-state index in [1.54, 1.807) is 50.3 Å². The zero-order valence-corrected chi connectivity index (χ0v) is 17.6. The van der Waals surface area contributed by atoms with E-state index in [1.807, 2.05) is 13.8 Å². The zero-order chi connectivity index (χ0) is 20.9. The SMILES string of the molecule is C=CCN(C(=O)CC(C)C)C(C)C(=O)c1c(C)c(C(=O)OCC)n(C)c1C. The van der Waals surface area contributed by atoms with Gasteiger partial charge >= 0.3 is 5.97 Å². The molecule has 0 aliphatic rings. The summed E-state index contributed by atoms with van der Waals surface area (Å²) in [6, 6.07) is -0.649. The van der Waals surface area contributed by atoms with E-state index in [9.17, 15) is 14.4 Å². The van der Waals surface area contributed by atoms with Gasteiger partial charge in [-0.2, -0.15) is 0 Å². The summed E-state index contributed by atoms with van der Waals surface area (Å²) in [6.07, 6.45) is 1.99. The number of ether oxygens (including phenoxy) is 1. The highest BCUT2D eigenvalue weighted by molar-refractivity contribution is 6.06. The molecule has 0 radical (unpaired) electrons. The fraction of sp³-hybridized carbons (Fsp3) is 0.571. The molecule has 6 heteroatoms. The minimum absolute atomic E-state index is 0.0809. The third kappa shape index (κ3) is 4.87. The lowest BCUT2D eigenvalue weighted by molar-refractivity contribution is -0.132. The topological polar surface area (TPSA) is 68.6 Å². The van der Waals surface area contributed by atoms with Crippen molar-refractivity contribution in [2.24, 2.45) is 13.0 Å². The van der Waals surface area contributed by atoms with Crippen molar-refractivity contribution in [2.45, 2.75) is 54.0 Å². The number of carbonyl (C=O) groups excluding carboxylic acids is 3. The molecule has 0 aliphatic carbocycles. The van der Waals surface area contributed by atoms with Gasteiger partial charge in [0.1, 0.15) is 5.69 Å². The zero-order valence-electron chi connectivity index (χ0n) is 17.6. The first-order valence-corrected chi connectivity index (χ1v) is 9.35. The van der Waals surface area contributed by atoms with Crippen LogP contribution in [0.2, 0.25) is 0 Å². The third-order valence-electron chi connectivity index (χ3n) is 4.72. The quantitative estimate of drug-likeness (QED) is 0.376. The fourth-order valence-corrected chi connectivity index (χ4v) is 3.26. The van der Waals surface area contributed by atoms with Gasteiger partial charge < -0.3 is 14.2 Å². The lowest BCUT2D eigenvalue weighted by Gasteiger charge is -2.28. The first kappa shape index (κ1) is 22.7. The maximum Gasteiger partial charge on any atom is 0.355 e. The molecule has 150 valence electrons. The van der Waals surface area contributed by atoms with E-state index < -0.39 is 12.0 Å². The summed E-state index contributed by atoms with van der Waals surface area (Å²) >= 11 is 0. The Hall–Kier alpha value is -2.37. The van der Waals surface area contributed by atoms with Gasteiger partial charge in [-0.3, -0.25) is 9.59 Å². The van der Waals surface area contributed by atoms with E-state index in [0.29, 0.717) is 35.5 Å². The average molecular weight is 376 g/mol. The Balaban J connectivity index is 3.30. The molecule has 1 atom stereocenters. The van der Waals surface area contributed by atoms with Crippen LogP contribution in [0.3, 0.4) is 0 Å². The third-order valence-corrected chi connectivity index (χ3v) is 4.72. The van der Waals surface area contributed by atoms with Crippen LogP contribution in [0.1, 0.15) is 66.2 Å². The van der Waals surface area contributed by atoms with Gasteiger partial charge in [-0.25, -0.2) is 4.79 Å². The van der Waals surface area contributed by atoms with Gasteiger partial charge in [-0.1, -0.05) is 19.9 Å². The van der Waals surface area contributed by atoms with Gasteiger partial charge in [0.2, 0.25) is 5.91 Å². The van der Waals surface area contributed by atoms with Crippen LogP contribution in [0.4, 0.5) is 0 Å². The summed E-state index contributed by atoms with van der Waals surface area (Å²) in [5.41, 5.74) is 2.11. The highest BCUT2D eigenvalue weighted by Gasteiger charge is 2.32. The lowest BCUT2D eigenvalue weighted by Crippen LogP contribution is -2.44. The van der Waals surface area contributed by atoms with Crippen LogP contribution in [-0.4, -0.2) is 46.3 Å². The summed E-state index contributed by atoms with van der Waals surface area (Å²) in [6.45, 7) is 15.2. The first-order chi connectivity index (χ1) is 12.6. The molecule has 1 rings (SSSR count). The van der Waals surface area contributed by atoms with E-state index in [-0.39, 0.29) is 24.2 Å².